The molecule has 0 spiro atoms. The van der Waals surface area contributed by atoms with E-state index in [0.29, 0.717) is 13.0 Å². The summed E-state index contributed by atoms with van der Waals surface area (Å²) in [5.74, 6) is 1.08. The summed E-state index contributed by atoms with van der Waals surface area (Å²) in [6.07, 6.45) is 0.786. The molecule has 2 atom stereocenters. The number of ether oxygens (including phenoxy) is 1. The first-order chi connectivity index (χ1) is 9.83. The van der Waals surface area contributed by atoms with Crippen LogP contribution in [0.25, 0.3) is 0 Å². The van der Waals surface area contributed by atoms with Crippen LogP contribution in [0.1, 0.15) is 64.5 Å². The molecule has 0 bridgehead atoms. The van der Waals surface area contributed by atoms with Gasteiger partial charge in [0.1, 0.15) is 5.75 Å². The van der Waals surface area contributed by atoms with Gasteiger partial charge in [0, 0.05) is 0 Å². The highest BCUT2D eigenvalue weighted by Crippen LogP contribution is 2.36. The monoisotopic (exact) mass is 294 g/mol. The van der Waals surface area contributed by atoms with Gasteiger partial charge in [-0.1, -0.05) is 39.8 Å². The Morgan fingerprint density at radius 1 is 1.19 bits per heavy atom. The minimum atomic E-state index is -0.678. The first-order valence-electron chi connectivity index (χ1n) is 7.89. The number of hydrogen-bond donors (Lipinski definition) is 2. The van der Waals surface area contributed by atoms with Crippen LogP contribution in [0.15, 0.2) is 18.2 Å². The lowest BCUT2D eigenvalue weighted by molar-refractivity contribution is 0.0814. The van der Waals surface area contributed by atoms with Gasteiger partial charge in [0.05, 0.1) is 19.3 Å². The van der Waals surface area contributed by atoms with Crippen LogP contribution < -0.4 is 4.74 Å². The van der Waals surface area contributed by atoms with Crippen molar-refractivity contribution in [1.29, 1.82) is 0 Å². The molecule has 0 aromatic heterocycles. The lowest BCUT2D eigenvalue weighted by atomic mass is 9.82. The van der Waals surface area contributed by atoms with Gasteiger partial charge in [-0.3, -0.25) is 0 Å². The maximum atomic E-state index is 9.78. The van der Waals surface area contributed by atoms with Crippen LogP contribution in [-0.4, -0.2) is 29.5 Å². The predicted octanol–water partition coefficient (Wildman–Crippen LogP) is 3.62. The fraction of sp³-hybridized carbons (Fsp3) is 0.667. The van der Waals surface area contributed by atoms with E-state index in [-0.39, 0.29) is 17.9 Å². The number of benzene rings is 1. The van der Waals surface area contributed by atoms with Gasteiger partial charge in [-0.2, -0.15) is 0 Å². The van der Waals surface area contributed by atoms with E-state index in [9.17, 15) is 5.11 Å². The normalized spacial score (nSPS) is 14.8. The molecule has 0 amide bonds. The van der Waals surface area contributed by atoms with Crippen molar-refractivity contribution >= 4 is 0 Å². The number of aliphatic hydroxyl groups excluding tert-OH is 2. The van der Waals surface area contributed by atoms with Gasteiger partial charge in [0.15, 0.2) is 0 Å². The minimum absolute atomic E-state index is 0.0768. The van der Waals surface area contributed by atoms with Crippen molar-refractivity contribution in [2.75, 3.05) is 13.2 Å². The fourth-order valence-electron chi connectivity index (χ4n) is 2.54. The summed E-state index contributed by atoms with van der Waals surface area (Å²) in [6.45, 7) is 11.1. The molecule has 1 rings (SSSR count). The summed E-state index contributed by atoms with van der Waals surface area (Å²) in [5, 5.41) is 18.9. The highest BCUT2D eigenvalue weighted by Gasteiger charge is 2.22. The molecule has 0 aliphatic rings. The zero-order valence-electron chi connectivity index (χ0n) is 14.0. The van der Waals surface area contributed by atoms with Crippen molar-refractivity contribution in [2.45, 2.75) is 64.9 Å². The molecule has 0 aliphatic heterocycles. The number of aliphatic hydroxyl groups is 2. The van der Waals surface area contributed by atoms with E-state index in [1.54, 1.807) is 0 Å². The first-order valence-corrected chi connectivity index (χ1v) is 7.89. The van der Waals surface area contributed by atoms with Crippen LogP contribution in [0.2, 0.25) is 0 Å². The fourth-order valence-corrected chi connectivity index (χ4v) is 2.54. The quantitative estimate of drug-likeness (QED) is 0.807. The molecule has 2 N–H and O–H groups in total. The predicted molar refractivity (Wildman–Crippen MR) is 87.1 cm³/mol. The number of rotatable bonds is 7. The maximum absolute atomic E-state index is 9.78. The van der Waals surface area contributed by atoms with Gasteiger partial charge in [-0.15, -0.1) is 0 Å². The van der Waals surface area contributed by atoms with Gasteiger partial charge >= 0.3 is 0 Å². The Bertz CT molecular complexity index is 435. The Hall–Kier alpha value is -1.06. The van der Waals surface area contributed by atoms with Gasteiger partial charge in [0.2, 0.25) is 0 Å². The van der Waals surface area contributed by atoms with E-state index >= 15 is 0 Å². The van der Waals surface area contributed by atoms with E-state index in [1.807, 2.05) is 13.0 Å². The van der Waals surface area contributed by atoms with E-state index in [0.717, 1.165) is 17.7 Å². The van der Waals surface area contributed by atoms with Crippen molar-refractivity contribution < 1.29 is 14.9 Å². The van der Waals surface area contributed by atoms with Crippen LogP contribution in [0.5, 0.6) is 5.75 Å². The minimum Gasteiger partial charge on any atom is -0.494 e. The molecule has 3 nitrogen and oxygen atoms in total. The highest BCUT2D eigenvalue weighted by atomic mass is 16.5. The summed E-state index contributed by atoms with van der Waals surface area (Å²) in [6, 6.07) is 6.35. The van der Waals surface area contributed by atoms with Crippen molar-refractivity contribution in [1.82, 2.24) is 0 Å². The molecule has 0 heterocycles. The van der Waals surface area contributed by atoms with Crippen LogP contribution in [0.4, 0.5) is 0 Å². The average molecular weight is 294 g/mol. The third-order valence-corrected chi connectivity index (χ3v) is 3.88. The van der Waals surface area contributed by atoms with Crippen LogP contribution >= 0.6 is 0 Å². The lowest BCUT2D eigenvalue weighted by Gasteiger charge is -2.25. The molecule has 120 valence electrons. The van der Waals surface area contributed by atoms with E-state index in [2.05, 4.69) is 39.8 Å². The van der Waals surface area contributed by atoms with Crippen LogP contribution in [-0.2, 0) is 5.41 Å². The third-order valence-electron chi connectivity index (χ3n) is 3.88. The molecule has 2 unspecified atom stereocenters. The Morgan fingerprint density at radius 3 is 2.33 bits per heavy atom. The summed E-state index contributed by atoms with van der Waals surface area (Å²) in [4.78, 5) is 0. The molecule has 0 radical (unpaired) electrons. The highest BCUT2D eigenvalue weighted by molar-refractivity contribution is 5.42. The van der Waals surface area contributed by atoms with Crippen molar-refractivity contribution in [3.05, 3.63) is 29.3 Å². The molecule has 0 aliphatic carbocycles. The molecule has 0 fully saturated rings. The smallest absolute Gasteiger partial charge is 0.122 e. The first kappa shape index (κ1) is 18.0. The molecular weight excluding hydrogens is 264 g/mol. The zero-order valence-corrected chi connectivity index (χ0v) is 14.0. The van der Waals surface area contributed by atoms with Gasteiger partial charge in [-0.05, 0) is 48.3 Å². The Balaban J connectivity index is 3.19. The second-order valence-electron chi connectivity index (χ2n) is 6.61. The molecule has 1 aromatic rings. The lowest BCUT2D eigenvalue weighted by Crippen LogP contribution is -2.18. The third kappa shape index (κ3) is 5.01. The Morgan fingerprint density at radius 2 is 1.86 bits per heavy atom. The standard InChI is InChI=1S/C18H30O3/c1-6-13(10-15(20)12-19)16-11-14(18(3,4)5)8-9-17(16)21-7-2/h8-9,11,13,15,19-20H,6-7,10,12H2,1-5H3. The summed E-state index contributed by atoms with van der Waals surface area (Å²) in [5.41, 5.74) is 2.48. The largest absolute Gasteiger partial charge is 0.494 e. The van der Waals surface area contributed by atoms with Crippen molar-refractivity contribution in [3.8, 4) is 5.75 Å². The molecule has 0 saturated carbocycles. The maximum Gasteiger partial charge on any atom is 0.122 e. The van der Waals surface area contributed by atoms with E-state index in [4.69, 9.17) is 9.84 Å². The number of hydrogen-bond acceptors (Lipinski definition) is 3. The van der Waals surface area contributed by atoms with E-state index < -0.39 is 6.10 Å². The van der Waals surface area contributed by atoms with E-state index in [1.165, 1.54) is 5.56 Å². The molecule has 3 heteroatoms. The molecule has 0 saturated heterocycles. The van der Waals surface area contributed by atoms with Crippen molar-refractivity contribution in [3.63, 3.8) is 0 Å². The van der Waals surface area contributed by atoms with Gasteiger partial charge in [-0.25, -0.2) is 0 Å². The van der Waals surface area contributed by atoms with Crippen LogP contribution in [0, 0.1) is 0 Å². The Kier molecular flexibility index (Phi) is 6.69. The summed E-state index contributed by atoms with van der Waals surface area (Å²) < 4.78 is 5.76. The second-order valence-corrected chi connectivity index (χ2v) is 6.61. The average Bonchev–Trinajstić information content (AvgIpc) is 2.44. The molecule has 21 heavy (non-hydrogen) atoms. The van der Waals surface area contributed by atoms with Crippen molar-refractivity contribution in [2.24, 2.45) is 0 Å². The van der Waals surface area contributed by atoms with Crippen LogP contribution in [0.3, 0.4) is 0 Å². The SMILES string of the molecule is CCOc1ccc(C(C)(C)C)cc1C(CC)CC(O)CO. The Labute approximate surface area is 129 Å². The van der Waals surface area contributed by atoms with Gasteiger partial charge in [0.25, 0.3) is 0 Å². The second kappa shape index (κ2) is 7.81. The summed E-state index contributed by atoms with van der Waals surface area (Å²) >= 11 is 0. The summed E-state index contributed by atoms with van der Waals surface area (Å²) in [7, 11) is 0. The zero-order chi connectivity index (χ0) is 16.0. The molecular formula is C18H30O3. The molecule has 1 aromatic carbocycles. The topological polar surface area (TPSA) is 49.7 Å². The van der Waals surface area contributed by atoms with Gasteiger partial charge < -0.3 is 14.9 Å².